The van der Waals surface area contributed by atoms with Gasteiger partial charge in [-0.25, -0.2) is 0 Å². The lowest BCUT2D eigenvalue weighted by Gasteiger charge is -2.31. The number of nitrogens with one attached hydrogen (secondary N) is 1. The zero-order valence-corrected chi connectivity index (χ0v) is 16.9. The molecular formula is C24H26N4O. The molecule has 1 aromatic heterocycles. The number of anilines is 2. The van der Waals surface area contributed by atoms with Crippen molar-refractivity contribution in [2.24, 2.45) is 5.92 Å². The minimum absolute atomic E-state index is 0.0340. The molecule has 1 aliphatic rings. The van der Waals surface area contributed by atoms with Gasteiger partial charge in [0.25, 0.3) is 0 Å². The number of amides is 1. The van der Waals surface area contributed by atoms with Crippen LogP contribution in [0.25, 0.3) is 11.3 Å². The summed E-state index contributed by atoms with van der Waals surface area (Å²) in [5, 5.41) is 11.9. The predicted octanol–water partition coefficient (Wildman–Crippen LogP) is 4.62. The highest BCUT2D eigenvalue weighted by Gasteiger charge is 2.26. The van der Waals surface area contributed by atoms with Crippen LogP contribution in [0.2, 0.25) is 0 Å². The number of carbonyl (C=O) groups excluding carboxylic acids is 1. The Morgan fingerprint density at radius 1 is 0.931 bits per heavy atom. The fourth-order valence-corrected chi connectivity index (χ4v) is 3.75. The van der Waals surface area contributed by atoms with Crippen LogP contribution in [0.3, 0.4) is 0 Å². The summed E-state index contributed by atoms with van der Waals surface area (Å²) in [6, 6.07) is 20.2. The number of nitrogens with zero attached hydrogens (tertiary/aromatic N) is 3. The first-order valence-corrected chi connectivity index (χ1v) is 10.1. The summed E-state index contributed by atoms with van der Waals surface area (Å²) < 4.78 is 0. The van der Waals surface area contributed by atoms with Crippen LogP contribution in [0.5, 0.6) is 0 Å². The quantitative estimate of drug-likeness (QED) is 0.711. The van der Waals surface area contributed by atoms with Crippen molar-refractivity contribution < 1.29 is 4.79 Å². The Morgan fingerprint density at radius 3 is 2.31 bits per heavy atom. The molecule has 2 aromatic carbocycles. The molecular weight excluding hydrogens is 360 g/mol. The van der Waals surface area contributed by atoms with Gasteiger partial charge in [0.15, 0.2) is 5.82 Å². The zero-order chi connectivity index (χ0) is 20.2. The normalized spacial score (nSPS) is 14.6. The van der Waals surface area contributed by atoms with Crippen molar-refractivity contribution >= 4 is 17.4 Å². The van der Waals surface area contributed by atoms with E-state index < -0.39 is 0 Å². The van der Waals surface area contributed by atoms with Crippen molar-refractivity contribution in [3.8, 4) is 11.3 Å². The Bertz CT molecular complexity index is 975. The second-order valence-corrected chi connectivity index (χ2v) is 7.71. The molecule has 2 heterocycles. The van der Waals surface area contributed by atoms with Gasteiger partial charge < -0.3 is 10.2 Å². The molecule has 0 saturated carbocycles. The lowest BCUT2D eigenvalue weighted by atomic mass is 9.95. The van der Waals surface area contributed by atoms with Crippen LogP contribution in [-0.4, -0.2) is 29.2 Å². The molecule has 1 fully saturated rings. The highest BCUT2D eigenvalue weighted by Crippen LogP contribution is 2.25. The molecule has 0 atom stereocenters. The van der Waals surface area contributed by atoms with E-state index >= 15 is 0 Å². The van der Waals surface area contributed by atoms with Gasteiger partial charge >= 0.3 is 0 Å². The molecule has 1 saturated heterocycles. The third kappa shape index (κ3) is 4.45. The van der Waals surface area contributed by atoms with E-state index in [0.717, 1.165) is 48.7 Å². The zero-order valence-electron chi connectivity index (χ0n) is 16.9. The molecule has 29 heavy (non-hydrogen) atoms. The minimum atomic E-state index is 0.0340. The molecule has 0 radical (unpaired) electrons. The first-order chi connectivity index (χ1) is 14.1. The first-order valence-electron chi connectivity index (χ1n) is 10.1. The van der Waals surface area contributed by atoms with Gasteiger partial charge in [-0.2, -0.15) is 0 Å². The maximum absolute atomic E-state index is 12.6. The van der Waals surface area contributed by atoms with Crippen LogP contribution in [0, 0.1) is 19.8 Å². The largest absolute Gasteiger partial charge is 0.355 e. The Labute approximate surface area is 171 Å². The molecule has 5 heteroatoms. The van der Waals surface area contributed by atoms with Crippen molar-refractivity contribution in [2.75, 3.05) is 23.3 Å². The number of benzene rings is 2. The van der Waals surface area contributed by atoms with Crippen LogP contribution in [0.1, 0.15) is 24.0 Å². The topological polar surface area (TPSA) is 58.1 Å². The standard InChI is InChI=1S/C24H26N4O/c1-17-7-9-20(10-8-17)25-24(29)19-13-15-28(16-14-19)23-12-11-22(26-27-23)21-6-4-3-5-18(21)2/h3-12,19H,13-16H2,1-2H3,(H,25,29). The predicted molar refractivity (Wildman–Crippen MR) is 117 cm³/mol. The van der Waals surface area contributed by atoms with Gasteiger partial charge in [0, 0.05) is 30.3 Å². The fourth-order valence-electron chi connectivity index (χ4n) is 3.75. The summed E-state index contributed by atoms with van der Waals surface area (Å²) in [5.74, 6) is 1.01. The molecule has 5 nitrogen and oxygen atoms in total. The summed E-state index contributed by atoms with van der Waals surface area (Å²) in [4.78, 5) is 14.8. The number of aromatic nitrogens is 2. The summed E-state index contributed by atoms with van der Waals surface area (Å²) >= 11 is 0. The van der Waals surface area contributed by atoms with E-state index in [-0.39, 0.29) is 11.8 Å². The van der Waals surface area contributed by atoms with E-state index in [2.05, 4.69) is 39.5 Å². The smallest absolute Gasteiger partial charge is 0.227 e. The van der Waals surface area contributed by atoms with Gasteiger partial charge in [-0.1, -0.05) is 42.0 Å². The van der Waals surface area contributed by atoms with Crippen LogP contribution in [0.15, 0.2) is 60.7 Å². The molecule has 1 amide bonds. The average Bonchev–Trinajstić information content (AvgIpc) is 2.76. The lowest BCUT2D eigenvalue weighted by Crippen LogP contribution is -2.38. The van der Waals surface area contributed by atoms with Gasteiger partial charge in [-0.3, -0.25) is 4.79 Å². The Kier molecular flexibility index (Phi) is 5.56. The van der Waals surface area contributed by atoms with Crippen molar-refractivity contribution in [3.05, 3.63) is 71.8 Å². The summed E-state index contributed by atoms with van der Waals surface area (Å²) in [6.07, 6.45) is 1.64. The molecule has 4 rings (SSSR count). The van der Waals surface area contributed by atoms with Crippen LogP contribution in [-0.2, 0) is 4.79 Å². The van der Waals surface area contributed by atoms with Gasteiger partial charge in [-0.05, 0) is 56.5 Å². The molecule has 3 aromatic rings. The Hall–Kier alpha value is -3.21. The molecule has 1 aliphatic heterocycles. The van der Waals surface area contributed by atoms with Crippen LogP contribution < -0.4 is 10.2 Å². The van der Waals surface area contributed by atoms with Crippen molar-refractivity contribution in [3.63, 3.8) is 0 Å². The lowest BCUT2D eigenvalue weighted by molar-refractivity contribution is -0.120. The highest BCUT2D eigenvalue weighted by molar-refractivity contribution is 5.92. The molecule has 0 aliphatic carbocycles. The van der Waals surface area contributed by atoms with Gasteiger partial charge in [-0.15, -0.1) is 10.2 Å². The number of hydrogen-bond donors (Lipinski definition) is 1. The summed E-state index contributed by atoms with van der Waals surface area (Å²) in [6.45, 7) is 5.74. The fraction of sp³-hybridized carbons (Fsp3) is 0.292. The number of rotatable bonds is 4. The summed E-state index contributed by atoms with van der Waals surface area (Å²) in [5.41, 5.74) is 5.23. The highest BCUT2D eigenvalue weighted by atomic mass is 16.1. The summed E-state index contributed by atoms with van der Waals surface area (Å²) in [7, 11) is 0. The monoisotopic (exact) mass is 386 g/mol. The van der Waals surface area contributed by atoms with E-state index in [4.69, 9.17) is 0 Å². The SMILES string of the molecule is Cc1ccc(NC(=O)C2CCN(c3ccc(-c4ccccc4C)nn3)CC2)cc1. The number of aryl methyl sites for hydroxylation is 2. The van der Waals surface area contributed by atoms with Gasteiger partial charge in [0.05, 0.1) is 5.69 Å². The molecule has 0 unspecified atom stereocenters. The van der Waals surface area contributed by atoms with Gasteiger partial charge in [0.2, 0.25) is 5.91 Å². The number of hydrogen-bond acceptors (Lipinski definition) is 4. The van der Waals surface area contributed by atoms with E-state index in [0.29, 0.717) is 0 Å². The maximum atomic E-state index is 12.6. The van der Waals surface area contributed by atoms with Crippen LogP contribution in [0.4, 0.5) is 11.5 Å². The second kappa shape index (κ2) is 8.43. The second-order valence-electron chi connectivity index (χ2n) is 7.71. The third-order valence-electron chi connectivity index (χ3n) is 5.58. The Morgan fingerprint density at radius 2 is 1.66 bits per heavy atom. The third-order valence-corrected chi connectivity index (χ3v) is 5.58. The van der Waals surface area contributed by atoms with Crippen LogP contribution >= 0.6 is 0 Å². The first kappa shape index (κ1) is 19.1. The van der Waals surface area contributed by atoms with Crippen molar-refractivity contribution in [1.82, 2.24) is 10.2 Å². The van der Waals surface area contributed by atoms with Gasteiger partial charge in [0.1, 0.15) is 0 Å². The Balaban J connectivity index is 1.35. The average molecular weight is 386 g/mol. The van der Waals surface area contributed by atoms with Crippen molar-refractivity contribution in [2.45, 2.75) is 26.7 Å². The minimum Gasteiger partial charge on any atom is -0.355 e. The molecule has 148 valence electrons. The molecule has 0 bridgehead atoms. The van der Waals surface area contributed by atoms with E-state index in [1.807, 2.05) is 55.5 Å². The molecule has 1 N–H and O–H groups in total. The van der Waals surface area contributed by atoms with E-state index in [1.54, 1.807) is 0 Å². The number of carbonyl (C=O) groups is 1. The maximum Gasteiger partial charge on any atom is 0.227 e. The number of piperidine rings is 1. The van der Waals surface area contributed by atoms with Crippen molar-refractivity contribution in [1.29, 1.82) is 0 Å². The molecule has 0 spiro atoms. The van der Waals surface area contributed by atoms with E-state index in [1.165, 1.54) is 11.1 Å². The van der Waals surface area contributed by atoms with E-state index in [9.17, 15) is 4.79 Å².